The molecule has 0 bridgehead atoms. The van der Waals surface area contributed by atoms with Crippen LogP contribution in [0.5, 0.6) is 0 Å². The molecule has 1 atom stereocenters. The molecule has 5 aromatic rings. The van der Waals surface area contributed by atoms with Crippen molar-refractivity contribution >= 4 is 39.3 Å². The molecule has 0 radical (unpaired) electrons. The van der Waals surface area contributed by atoms with Gasteiger partial charge in [-0.05, 0) is 55.0 Å². The van der Waals surface area contributed by atoms with E-state index in [4.69, 9.17) is 11.6 Å². The van der Waals surface area contributed by atoms with E-state index < -0.39 is 0 Å². The van der Waals surface area contributed by atoms with E-state index in [-0.39, 0.29) is 17.5 Å². The highest BCUT2D eigenvalue weighted by molar-refractivity contribution is 6.30. The third kappa shape index (κ3) is 3.55. The third-order valence-corrected chi connectivity index (χ3v) is 5.77. The minimum atomic E-state index is -0.218. The van der Waals surface area contributed by atoms with Gasteiger partial charge < -0.3 is 5.32 Å². The summed E-state index contributed by atoms with van der Waals surface area (Å²) >= 11 is 5.97. The molecule has 0 saturated carbocycles. The van der Waals surface area contributed by atoms with E-state index in [9.17, 15) is 9.59 Å². The van der Waals surface area contributed by atoms with Gasteiger partial charge in [-0.15, -0.1) is 0 Å². The third-order valence-electron chi connectivity index (χ3n) is 5.52. The van der Waals surface area contributed by atoms with Gasteiger partial charge in [0.25, 0.3) is 11.5 Å². The van der Waals surface area contributed by atoms with E-state index in [0.29, 0.717) is 38.1 Å². The highest BCUT2D eigenvalue weighted by atomic mass is 35.5. The number of fused-ring (bicyclic) bond motifs is 3. The Morgan fingerprint density at radius 2 is 1.78 bits per heavy atom. The van der Waals surface area contributed by atoms with E-state index in [1.54, 1.807) is 48.7 Å². The maximum Gasteiger partial charge on any atom is 0.280 e. The Labute approximate surface area is 188 Å². The summed E-state index contributed by atoms with van der Waals surface area (Å²) in [6.45, 7) is 1.94. The van der Waals surface area contributed by atoms with Crippen LogP contribution in [-0.4, -0.2) is 20.7 Å². The fourth-order valence-corrected chi connectivity index (χ4v) is 3.90. The molecule has 5 rings (SSSR count). The summed E-state index contributed by atoms with van der Waals surface area (Å²) in [6, 6.07) is 21.9. The van der Waals surface area contributed by atoms with E-state index in [1.165, 1.54) is 4.68 Å². The second-order valence-corrected chi connectivity index (χ2v) is 8.05. The fourth-order valence-electron chi connectivity index (χ4n) is 3.78. The monoisotopic (exact) mass is 442 g/mol. The van der Waals surface area contributed by atoms with Crippen molar-refractivity contribution in [2.75, 3.05) is 0 Å². The Balaban J connectivity index is 1.56. The molecule has 0 fully saturated rings. The molecule has 0 aliphatic carbocycles. The van der Waals surface area contributed by atoms with Crippen molar-refractivity contribution in [1.82, 2.24) is 20.1 Å². The van der Waals surface area contributed by atoms with Crippen LogP contribution >= 0.6 is 11.6 Å². The molecule has 6 nitrogen and oxygen atoms in total. The first-order valence-corrected chi connectivity index (χ1v) is 10.5. The molecule has 0 aliphatic rings. The van der Waals surface area contributed by atoms with E-state index >= 15 is 0 Å². The van der Waals surface area contributed by atoms with Crippen LogP contribution in [0.15, 0.2) is 83.8 Å². The van der Waals surface area contributed by atoms with Gasteiger partial charge in [0.1, 0.15) is 0 Å². The maximum absolute atomic E-state index is 13.0. The first-order valence-electron chi connectivity index (χ1n) is 10.2. The summed E-state index contributed by atoms with van der Waals surface area (Å²) in [7, 11) is 0. The number of nitrogens with zero attached hydrogens (tertiary/aromatic N) is 2. The Bertz CT molecular complexity index is 1500. The molecule has 0 aliphatic heterocycles. The lowest BCUT2D eigenvalue weighted by Gasteiger charge is -2.14. The second kappa shape index (κ2) is 7.98. The Hall–Kier alpha value is -3.90. The van der Waals surface area contributed by atoms with Crippen LogP contribution in [0.1, 0.15) is 28.9 Å². The number of H-pyrrole nitrogens is 1. The minimum absolute atomic E-state index is 0.140. The van der Waals surface area contributed by atoms with Gasteiger partial charge in [-0.2, -0.15) is 0 Å². The minimum Gasteiger partial charge on any atom is -0.346 e. The van der Waals surface area contributed by atoms with Crippen LogP contribution in [0.2, 0.25) is 5.02 Å². The first-order chi connectivity index (χ1) is 15.5. The van der Waals surface area contributed by atoms with Gasteiger partial charge in [-0.3, -0.25) is 19.7 Å². The first kappa shape index (κ1) is 20.0. The highest BCUT2D eigenvalue weighted by Crippen LogP contribution is 2.23. The Morgan fingerprint density at radius 3 is 2.53 bits per heavy atom. The number of pyridine rings is 1. The predicted octanol–water partition coefficient (Wildman–Crippen LogP) is 5.01. The molecule has 0 saturated heterocycles. The largest absolute Gasteiger partial charge is 0.346 e. The molecular weight excluding hydrogens is 424 g/mol. The molecule has 158 valence electrons. The van der Waals surface area contributed by atoms with Crippen LogP contribution in [0.25, 0.3) is 27.5 Å². The van der Waals surface area contributed by atoms with Crippen LogP contribution in [0.4, 0.5) is 0 Å². The number of aromatic nitrogens is 3. The number of carbonyl (C=O) groups excluding carboxylic acids is 1. The molecule has 2 N–H and O–H groups in total. The molecular formula is C25H19ClN4O2. The molecule has 7 heteroatoms. The summed E-state index contributed by atoms with van der Waals surface area (Å²) in [5.41, 5.74) is 3.28. The average Bonchev–Trinajstić information content (AvgIpc) is 3.16. The fraction of sp³-hybridized carbons (Fsp3) is 0.0800. The lowest BCUT2D eigenvalue weighted by Crippen LogP contribution is -2.26. The number of rotatable bonds is 4. The topological polar surface area (TPSA) is 79.8 Å². The van der Waals surface area contributed by atoms with Gasteiger partial charge in [0.15, 0.2) is 0 Å². The molecule has 0 spiro atoms. The summed E-state index contributed by atoms with van der Waals surface area (Å²) in [5, 5.41) is 7.93. The van der Waals surface area contributed by atoms with E-state index in [0.717, 1.165) is 5.56 Å². The number of nitrogens with one attached hydrogen (secondary N) is 2. The SMILES string of the molecule is C[C@H](NC(=O)c1ccc2ncc3c(=O)n(-c4ccc(Cl)cc4)[nH]c3c2c1)c1ccccc1. The number of hydrogen-bond donors (Lipinski definition) is 2. The van der Waals surface area contributed by atoms with Crippen LogP contribution in [-0.2, 0) is 0 Å². The summed E-state index contributed by atoms with van der Waals surface area (Å²) in [6.07, 6.45) is 1.56. The van der Waals surface area contributed by atoms with Crippen molar-refractivity contribution in [1.29, 1.82) is 0 Å². The maximum atomic E-state index is 13.0. The van der Waals surface area contributed by atoms with Crippen LogP contribution < -0.4 is 10.9 Å². The zero-order valence-corrected chi connectivity index (χ0v) is 17.9. The van der Waals surface area contributed by atoms with Crippen LogP contribution in [0.3, 0.4) is 0 Å². The molecule has 2 heterocycles. The lowest BCUT2D eigenvalue weighted by molar-refractivity contribution is 0.0940. The summed E-state index contributed by atoms with van der Waals surface area (Å²) in [5.74, 6) is -0.195. The zero-order chi connectivity index (χ0) is 22.2. The van der Waals surface area contributed by atoms with Crippen molar-refractivity contribution < 1.29 is 4.79 Å². The van der Waals surface area contributed by atoms with Crippen molar-refractivity contribution in [3.63, 3.8) is 0 Å². The average molecular weight is 443 g/mol. The Kier molecular flexibility index (Phi) is 4.99. The number of carbonyl (C=O) groups is 1. The van der Waals surface area contributed by atoms with Crippen molar-refractivity contribution in [3.8, 4) is 5.69 Å². The molecule has 32 heavy (non-hydrogen) atoms. The highest BCUT2D eigenvalue weighted by Gasteiger charge is 2.16. The molecule has 0 unspecified atom stereocenters. The number of amides is 1. The normalized spacial score (nSPS) is 12.2. The van der Waals surface area contributed by atoms with Gasteiger partial charge in [0, 0.05) is 22.2 Å². The van der Waals surface area contributed by atoms with Gasteiger partial charge in [0.2, 0.25) is 0 Å². The zero-order valence-electron chi connectivity index (χ0n) is 17.2. The van der Waals surface area contributed by atoms with Gasteiger partial charge in [-0.25, -0.2) is 4.68 Å². The molecule has 3 aromatic carbocycles. The molecule has 2 aromatic heterocycles. The molecule has 1 amide bonds. The van der Waals surface area contributed by atoms with E-state index in [2.05, 4.69) is 15.4 Å². The van der Waals surface area contributed by atoms with Gasteiger partial charge in [-0.1, -0.05) is 41.9 Å². The number of benzene rings is 3. The Morgan fingerprint density at radius 1 is 1.03 bits per heavy atom. The van der Waals surface area contributed by atoms with Gasteiger partial charge in [0.05, 0.1) is 28.1 Å². The van der Waals surface area contributed by atoms with Crippen molar-refractivity contribution in [2.24, 2.45) is 0 Å². The summed E-state index contributed by atoms with van der Waals surface area (Å²) < 4.78 is 1.45. The lowest BCUT2D eigenvalue weighted by atomic mass is 10.1. The quantitative estimate of drug-likeness (QED) is 0.410. The van der Waals surface area contributed by atoms with Crippen molar-refractivity contribution in [3.05, 3.63) is 105 Å². The van der Waals surface area contributed by atoms with Gasteiger partial charge >= 0.3 is 0 Å². The van der Waals surface area contributed by atoms with Crippen molar-refractivity contribution in [2.45, 2.75) is 13.0 Å². The predicted molar refractivity (Wildman–Crippen MR) is 127 cm³/mol. The second-order valence-electron chi connectivity index (χ2n) is 7.61. The standard InChI is InChI=1S/C25H19ClN4O2/c1-15(16-5-3-2-4-6-16)28-24(31)17-7-12-22-20(13-17)23-21(14-27-22)25(32)30(29-23)19-10-8-18(26)9-11-19/h2-15,29H,1H3,(H,28,31)/t15-/m0/s1. The summed E-state index contributed by atoms with van der Waals surface area (Å²) in [4.78, 5) is 30.3. The smallest absolute Gasteiger partial charge is 0.280 e. The van der Waals surface area contributed by atoms with E-state index in [1.807, 2.05) is 37.3 Å². The number of halogens is 1. The van der Waals surface area contributed by atoms with Crippen LogP contribution in [0, 0.1) is 0 Å². The number of aromatic amines is 1. The number of hydrogen-bond acceptors (Lipinski definition) is 3.